The topological polar surface area (TPSA) is 79.6 Å². The van der Waals surface area contributed by atoms with Gasteiger partial charge in [-0.2, -0.15) is 5.26 Å². The van der Waals surface area contributed by atoms with Gasteiger partial charge in [-0.3, -0.25) is 9.69 Å². The van der Waals surface area contributed by atoms with Crippen LogP contribution in [0.5, 0.6) is 5.75 Å². The molecule has 0 radical (unpaired) electrons. The normalized spacial score (nSPS) is 9.80. The Labute approximate surface area is 144 Å². The Kier molecular flexibility index (Phi) is 6.07. The summed E-state index contributed by atoms with van der Waals surface area (Å²) in [5, 5.41) is 8.87. The van der Waals surface area contributed by atoms with Crippen LogP contribution in [0.4, 0.5) is 10.1 Å². The van der Waals surface area contributed by atoms with Gasteiger partial charge in [-0.25, -0.2) is 9.18 Å². The van der Waals surface area contributed by atoms with Crippen LogP contribution in [0, 0.1) is 17.1 Å². The van der Waals surface area contributed by atoms with Crippen molar-refractivity contribution in [2.75, 3.05) is 25.2 Å². The highest BCUT2D eigenvalue weighted by Crippen LogP contribution is 2.17. The number of halogens is 1. The first kappa shape index (κ1) is 17.9. The quantitative estimate of drug-likeness (QED) is 0.595. The van der Waals surface area contributed by atoms with E-state index in [1.807, 2.05) is 6.07 Å². The van der Waals surface area contributed by atoms with Gasteiger partial charge in [-0.15, -0.1) is 0 Å². The number of hydrogen-bond acceptors (Lipinski definition) is 5. The van der Waals surface area contributed by atoms with Crippen LogP contribution in [-0.4, -0.2) is 32.1 Å². The molecule has 0 fully saturated rings. The summed E-state index contributed by atoms with van der Waals surface area (Å²) < 4.78 is 23.6. The maximum atomic E-state index is 13.8. The second-order valence-electron chi connectivity index (χ2n) is 4.90. The number of carbonyl (C=O) groups excluding carboxylic acids is 2. The van der Waals surface area contributed by atoms with Crippen LogP contribution in [0.2, 0.25) is 0 Å². The molecule has 7 heteroatoms. The summed E-state index contributed by atoms with van der Waals surface area (Å²) in [5.74, 6) is -2.11. The first-order valence-corrected chi connectivity index (χ1v) is 7.30. The molecule has 25 heavy (non-hydrogen) atoms. The van der Waals surface area contributed by atoms with E-state index in [0.717, 1.165) is 6.07 Å². The number of para-hydroxylation sites is 1. The number of hydrogen-bond donors (Lipinski definition) is 0. The minimum atomic E-state index is -0.974. The van der Waals surface area contributed by atoms with Crippen molar-refractivity contribution in [2.45, 2.75) is 0 Å². The van der Waals surface area contributed by atoms with Crippen LogP contribution >= 0.6 is 0 Å². The summed E-state index contributed by atoms with van der Waals surface area (Å²) in [6.45, 7) is -0.807. The van der Waals surface area contributed by atoms with E-state index in [-0.39, 0.29) is 17.9 Å². The lowest BCUT2D eigenvalue weighted by Gasteiger charge is -2.19. The van der Waals surface area contributed by atoms with E-state index in [0.29, 0.717) is 5.69 Å². The number of anilines is 1. The molecule has 0 aliphatic heterocycles. The first-order chi connectivity index (χ1) is 12.1. The summed E-state index contributed by atoms with van der Waals surface area (Å²) in [5.41, 5.74) is 0.195. The maximum Gasteiger partial charge on any atom is 0.341 e. The van der Waals surface area contributed by atoms with E-state index in [4.69, 9.17) is 14.7 Å². The highest BCUT2D eigenvalue weighted by atomic mass is 19.1. The summed E-state index contributed by atoms with van der Waals surface area (Å²) >= 11 is 0. The highest BCUT2D eigenvalue weighted by Gasteiger charge is 2.19. The van der Waals surface area contributed by atoms with Gasteiger partial charge in [-0.1, -0.05) is 18.2 Å². The third-order valence-electron chi connectivity index (χ3n) is 3.32. The van der Waals surface area contributed by atoms with Crippen molar-refractivity contribution < 1.29 is 23.5 Å². The zero-order chi connectivity index (χ0) is 18.2. The van der Waals surface area contributed by atoms with Crippen LogP contribution in [-0.2, 0) is 9.53 Å². The van der Waals surface area contributed by atoms with Crippen LogP contribution < -0.4 is 9.64 Å². The van der Waals surface area contributed by atoms with Gasteiger partial charge in [0.15, 0.2) is 6.61 Å². The van der Waals surface area contributed by atoms with Gasteiger partial charge in [0.05, 0.1) is 18.7 Å². The number of ether oxygens (including phenoxy) is 2. The molecular formula is C18H15FN2O4. The Bertz CT molecular complexity index is 802. The van der Waals surface area contributed by atoms with Crippen molar-refractivity contribution in [1.29, 1.82) is 5.26 Å². The van der Waals surface area contributed by atoms with Crippen LogP contribution in [0.1, 0.15) is 10.4 Å². The minimum absolute atomic E-state index is 0.197. The molecule has 0 heterocycles. The van der Waals surface area contributed by atoms with Crippen molar-refractivity contribution in [3.8, 4) is 11.8 Å². The number of amides is 1. The number of rotatable bonds is 6. The Morgan fingerprint density at radius 1 is 1.20 bits per heavy atom. The SMILES string of the molecule is COc1ccc(C(=O)OCC(=O)N(CC#N)c2ccccc2)c(F)c1. The Morgan fingerprint density at radius 2 is 1.92 bits per heavy atom. The van der Waals surface area contributed by atoms with Crippen molar-refractivity contribution in [2.24, 2.45) is 0 Å². The molecule has 0 atom stereocenters. The Hall–Kier alpha value is -3.40. The predicted molar refractivity (Wildman–Crippen MR) is 87.6 cm³/mol. The Morgan fingerprint density at radius 3 is 2.52 bits per heavy atom. The zero-order valence-corrected chi connectivity index (χ0v) is 13.4. The molecule has 0 aliphatic rings. The van der Waals surface area contributed by atoms with Crippen molar-refractivity contribution in [1.82, 2.24) is 0 Å². The average Bonchev–Trinajstić information content (AvgIpc) is 2.64. The van der Waals surface area contributed by atoms with E-state index >= 15 is 0 Å². The van der Waals surface area contributed by atoms with Gasteiger partial charge >= 0.3 is 5.97 Å². The smallest absolute Gasteiger partial charge is 0.341 e. The average molecular weight is 342 g/mol. The largest absolute Gasteiger partial charge is 0.497 e. The standard InChI is InChI=1S/C18H15FN2O4/c1-24-14-7-8-15(16(19)11-14)18(23)25-12-17(22)21(10-9-20)13-5-3-2-4-6-13/h2-8,11H,10,12H2,1H3. The molecule has 128 valence electrons. The van der Waals surface area contributed by atoms with E-state index in [2.05, 4.69) is 0 Å². The molecular weight excluding hydrogens is 327 g/mol. The molecule has 2 aromatic carbocycles. The van der Waals surface area contributed by atoms with Gasteiger partial charge in [-0.05, 0) is 24.3 Å². The minimum Gasteiger partial charge on any atom is -0.497 e. The lowest BCUT2D eigenvalue weighted by molar-refractivity contribution is -0.121. The lowest BCUT2D eigenvalue weighted by Crippen LogP contribution is -2.35. The number of esters is 1. The monoisotopic (exact) mass is 342 g/mol. The molecule has 2 aromatic rings. The molecule has 0 bridgehead atoms. The molecule has 0 aliphatic carbocycles. The number of benzene rings is 2. The Balaban J connectivity index is 2.05. The predicted octanol–water partition coefficient (Wildman–Crippen LogP) is 2.55. The number of nitrogens with zero attached hydrogens (tertiary/aromatic N) is 2. The molecule has 0 saturated heterocycles. The molecule has 0 saturated carbocycles. The van der Waals surface area contributed by atoms with Gasteiger partial charge in [0.25, 0.3) is 5.91 Å². The van der Waals surface area contributed by atoms with Crippen LogP contribution in [0.3, 0.4) is 0 Å². The van der Waals surface area contributed by atoms with E-state index in [1.54, 1.807) is 30.3 Å². The summed E-state index contributed by atoms with van der Waals surface area (Å²) in [7, 11) is 1.37. The number of nitriles is 1. The van der Waals surface area contributed by atoms with Crippen LogP contribution in [0.15, 0.2) is 48.5 Å². The number of carbonyl (C=O) groups is 2. The fourth-order valence-corrected chi connectivity index (χ4v) is 2.07. The summed E-state index contributed by atoms with van der Waals surface area (Å²) in [6, 6.07) is 14.1. The fraction of sp³-hybridized carbons (Fsp3) is 0.167. The molecule has 0 aromatic heterocycles. The molecule has 0 N–H and O–H groups in total. The molecule has 1 amide bonds. The third-order valence-corrected chi connectivity index (χ3v) is 3.32. The summed E-state index contributed by atoms with van der Waals surface area (Å²) in [6.07, 6.45) is 0. The first-order valence-electron chi connectivity index (χ1n) is 7.30. The molecule has 2 rings (SSSR count). The maximum absolute atomic E-state index is 13.8. The van der Waals surface area contributed by atoms with Crippen molar-refractivity contribution >= 4 is 17.6 Å². The van der Waals surface area contributed by atoms with Gasteiger partial charge in [0, 0.05) is 11.8 Å². The van der Waals surface area contributed by atoms with E-state index in [1.165, 1.54) is 24.1 Å². The van der Waals surface area contributed by atoms with Gasteiger partial charge < -0.3 is 9.47 Å². The second kappa shape index (κ2) is 8.45. The fourth-order valence-electron chi connectivity index (χ4n) is 2.07. The second-order valence-corrected chi connectivity index (χ2v) is 4.90. The zero-order valence-electron chi connectivity index (χ0n) is 13.4. The van der Waals surface area contributed by atoms with E-state index in [9.17, 15) is 14.0 Å². The third kappa shape index (κ3) is 4.54. The molecule has 0 unspecified atom stereocenters. The van der Waals surface area contributed by atoms with Crippen LogP contribution in [0.25, 0.3) is 0 Å². The molecule has 0 spiro atoms. The molecule has 6 nitrogen and oxygen atoms in total. The summed E-state index contributed by atoms with van der Waals surface area (Å²) in [4.78, 5) is 25.4. The lowest BCUT2D eigenvalue weighted by atomic mass is 10.2. The van der Waals surface area contributed by atoms with Gasteiger partial charge in [0.1, 0.15) is 18.1 Å². The van der Waals surface area contributed by atoms with Gasteiger partial charge in [0.2, 0.25) is 0 Å². The number of methoxy groups -OCH3 is 1. The van der Waals surface area contributed by atoms with Crippen molar-refractivity contribution in [3.63, 3.8) is 0 Å². The highest BCUT2D eigenvalue weighted by molar-refractivity contribution is 5.97. The van der Waals surface area contributed by atoms with E-state index < -0.39 is 24.3 Å². The van der Waals surface area contributed by atoms with Crippen molar-refractivity contribution in [3.05, 3.63) is 59.9 Å².